The molecule has 2 N–H and O–H groups in total. The van der Waals surface area contributed by atoms with Crippen LogP contribution < -0.4 is 5.32 Å². The number of alkyl halides is 1. The zero-order chi connectivity index (χ0) is 22.0. The van der Waals surface area contributed by atoms with Crippen molar-refractivity contribution in [2.75, 3.05) is 31.6 Å². The number of nitrogens with one attached hydrogen (secondary N) is 1. The molecule has 0 bridgehead atoms. The van der Waals surface area contributed by atoms with E-state index in [1.807, 2.05) is 0 Å². The Kier molecular flexibility index (Phi) is 6.92. The van der Waals surface area contributed by atoms with E-state index in [-0.39, 0.29) is 12.4 Å². The third-order valence-electron chi connectivity index (χ3n) is 5.59. The summed E-state index contributed by atoms with van der Waals surface area (Å²) in [4.78, 5) is 1.99. The van der Waals surface area contributed by atoms with Gasteiger partial charge in [-0.1, -0.05) is 0 Å². The predicted molar refractivity (Wildman–Crippen MR) is 110 cm³/mol. The molecule has 0 radical (unpaired) electrons. The lowest BCUT2D eigenvalue weighted by atomic mass is 9.93. The van der Waals surface area contributed by atoms with Gasteiger partial charge in [-0.15, -0.1) is 0 Å². The zero-order valence-corrected chi connectivity index (χ0v) is 17.5. The van der Waals surface area contributed by atoms with E-state index in [4.69, 9.17) is 4.74 Å². The van der Waals surface area contributed by atoms with Crippen LogP contribution in [-0.4, -0.2) is 63.5 Å². The minimum Gasteiger partial charge on any atom is -0.361 e. The number of ether oxygens (including phenoxy) is 1. The molecule has 31 heavy (non-hydrogen) atoms. The average molecular weight is 456 g/mol. The van der Waals surface area contributed by atoms with Crippen LogP contribution in [0.2, 0.25) is 0 Å². The molecule has 0 saturated carbocycles. The van der Waals surface area contributed by atoms with E-state index in [0.717, 1.165) is 0 Å². The average Bonchev–Trinajstić information content (AvgIpc) is 3.25. The van der Waals surface area contributed by atoms with Gasteiger partial charge in [-0.3, -0.25) is 4.90 Å². The molecule has 2 aliphatic rings. The number of aliphatic hydroxyl groups is 1. The Labute approximate surface area is 181 Å². The summed E-state index contributed by atoms with van der Waals surface area (Å²) < 4.78 is 61.6. The number of halogens is 3. The fourth-order valence-corrected chi connectivity index (χ4v) is 5.24. The standard InChI is InChI=1S/C21H24F3N3O3S/c22-14-1-5-16(6-2-14)25-21(28)26-10-9-18(19(24)13-26)20-27(11-12-30-20)31(29)17-7-3-15(23)4-8-17/h1-8,18-21,25,28H,9-13H2/t18?,19?,20-,21?,31?/m1/s1. The first kappa shape index (κ1) is 22.2. The number of benzene rings is 2. The highest BCUT2D eigenvalue weighted by Crippen LogP contribution is 2.32. The summed E-state index contributed by atoms with van der Waals surface area (Å²) in [5.74, 6) is -1.32. The van der Waals surface area contributed by atoms with Gasteiger partial charge in [-0.2, -0.15) is 4.31 Å². The van der Waals surface area contributed by atoms with Crippen LogP contribution in [0.3, 0.4) is 0 Å². The second kappa shape index (κ2) is 9.66. The van der Waals surface area contributed by atoms with Gasteiger partial charge in [0.1, 0.15) is 35.0 Å². The minimum atomic E-state index is -1.59. The fraction of sp³-hybridized carbons (Fsp3) is 0.429. The summed E-state index contributed by atoms with van der Waals surface area (Å²) in [5.41, 5.74) is 0.520. The normalized spacial score (nSPS) is 27.2. The Bertz CT molecular complexity index is 903. The van der Waals surface area contributed by atoms with Gasteiger partial charge in [0.05, 0.1) is 11.5 Å². The van der Waals surface area contributed by atoms with Gasteiger partial charge in [0.15, 0.2) is 6.35 Å². The van der Waals surface area contributed by atoms with Crippen molar-refractivity contribution < 1.29 is 27.2 Å². The van der Waals surface area contributed by atoms with Crippen LogP contribution in [-0.2, 0) is 15.7 Å². The van der Waals surface area contributed by atoms with Gasteiger partial charge in [-0.25, -0.2) is 17.4 Å². The third kappa shape index (κ3) is 5.09. The van der Waals surface area contributed by atoms with E-state index in [1.165, 1.54) is 48.5 Å². The molecule has 0 aromatic heterocycles. The van der Waals surface area contributed by atoms with Crippen LogP contribution >= 0.6 is 0 Å². The van der Waals surface area contributed by atoms with E-state index in [9.17, 15) is 18.1 Å². The van der Waals surface area contributed by atoms with Gasteiger partial charge in [0.2, 0.25) is 0 Å². The highest BCUT2D eigenvalue weighted by molar-refractivity contribution is 7.82. The van der Waals surface area contributed by atoms with Crippen molar-refractivity contribution in [2.45, 2.75) is 30.1 Å². The van der Waals surface area contributed by atoms with Gasteiger partial charge in [0, 0.05) is 31.2 Å². The lowest BCUT2D eigenvalue weighted by molar-refractivity contribution is -0.0758. The van der Waals surface area contributed by atoms with Gasteiger partial charge >= 0.3 is 0 Å². The molecule has 0 amide bonds. The van der Waals surface area contributed by atoms with Crippen LogP contribution in [0.15, 0.2) is 53.4 Å². The summed E-state index contributed by atoms with van der Waals surface area (Å²) in [7, 11) is -1.59. The maximum atomic E-state index is 15.1. The molecule has 2 heterocycles. The van der Waals surface area contributed by atoms with Crippen molar-refractivity contribution in [2.24, 2.45) is 5.92 Å². The number of rotatable bonds is 6. The first-order chi connectivity index (χ1) is 14.9. The van der Waals surface area contributed by atoms with Crippen molar-refractivity contribution in [3.05, 3.63) is 60.2 Å². The molecular weight excluding hydrogens is 431 g/mol. The lowest BCUT2D eigenvalue weighted by Gasteiger charge is -2.40. The second-order valence-corrected chi connectivity index (χ2v) is 9.03. The van der Waals surface area contributed by atoms with E-state index in [0.29, 0.717) is 36.7 Å². The summed E-state index contributed by atoms with van der Waals surface area (Å²) in [6, 6.07) is 10.9. The SMILES string of the molecule is O=S(c1ccc(F)cc1)N1CCO[C@@H]1C1CCN(C(O)Nc2ccc(F)cc2)CC1F. The molecule has 4 unspecified atom stereocenters. The van der Waals surface area contributed by atoms with Gasteiger partial charge in [-0.05, 0) is 55.0 Å². The Morgan fingerprint density at radius 1 is 1.06 bits per heavy atom. The first-order valence-corrected chi connectivity index (χ1v) is 11.2. The maximum absolute atomic E-state index is 15.1. The number of hydrogen-bond donors (Lipinski definition) is 2. The van der Waals surface area contributed by atoms with Crippen molar-refractivity contribution in [3.8, 4) is 0 Å². The van der Waals surface area contributed by atoms with E-state index >= 15 is 4.39 Å². The van der Waals surface area contributed by atoms with Gasteiger partial charge in [0.25, 0.3) is 0 Å². The number of likely N-dealkylation sites (tertiary alicyclic amines) is 1. The predicted octanol–water partition coefficient (Wildman–Crippen LogP) is 2.69. The Morgan fingerprint density at radius 2 is 1.71 bits per heavy atom. The van der Waals surface area contributed by atoms with Crippen LogP contribution in [0.5, 0.6) is 0 Å². The molecule has 2 aliphatic heterocycles. The minimum absolute atomic E-state index is 0.0308. The highest BCUT2D eigenvalue weighted by Gasteiger charge is 2.43. The molecule has 2 fully saturated rings. The van der Waals surface area contributed by atoms with Crippen LogP contribution in [0.25, 0.3) is 0 Å². The lowest BCUT2D eigenvalue weighted by Crippen LogP contribution is -2.54. The Morgan fingerprint density at radius 3 is 2.35 bits per heavy atom. The number of aliphatic hydroxyl groups excluding tert-OH is 1. The third-order valence-corrected chi connectivity index (χ3v) is 7.08. The number of hydrogen-bond acceptors (Lipinski definition) is 5. The van der Waals surface area contributed by atoms with Crippen molar-refractivity contribution >= 4 is 16.7 Å². The smallest absolute Gasteiger partial charge is 0.184 e. The topological polar surface area (TPSA) is 65.0 Å². The summed E-state index contributed by atoms with van der Waals surface area (Å²) in [6.45, 7) is 1.09. The molecule has 0 spiro atoms. The Hall–Kier alpha value is -1.98. The monoisotopic (exact) mass is 455 g/mol. The van der Waals surface area contributed by atoms with Crippen molar-refractivity contribution in [3.63, 3.8) is 0 Å². The van der Waals surface area contributed by atoms with E-state index in [2.05, 4.69) is 5.32 Å². The van der Waals surface area contributed by atoms with Gasteiger partial charge < -0.3 is 15.2 Å². The quantitative estimate of drug-likeness (QED) is 0.656. The molecule has 4 rings (SSSR count). The van der Waals surface area contributed by atoms with E-state index < -0.39 is 41.5 Å². The molecule has 10 heteroatoms. The zero-order valence-electron chi connectivity index (χ0n) is 16.7. The molecule has 5 atom stereocenters. The van der Waals surface area contributed by atoms with Crippen molar-refractivity contribution in [1.29, 1.82) is 0 Å². The highest BCUT2D eigenvalue weighted by atomic mass is 32.2. The van der Waals surface area contributed by atoms with Crippen LogP contribution in [0.1, 0.15) is 6.42 Å². The van der Waals surface area contributed by atoms with E-state index in [1.54, 1.807) is 9.21 Å². The summed E-state index contributed by atoms with van der Waals surface area (Å²) >= 11 is 0. The summed E-state index contributed by atoms with van der Waals surface area (Å²) in [5, 5.41) is 13.2. The van der Waals surface area contributed by atoms with Crippen LogP contribution in [0.4, 0.5) is 18.9 Å². The van der Waals surface area contributed by atoms with Crippen molar-refractivity contribution in [1.82, 2.24) is 9.21 Å². The molecule has 2 aromatic rings. The number of piperidine rings is 1. The molecular formula is C21H24F3N3O3S. The fourth-order valence-electron chi connectivity index (χ4n) is 3.95. The molecule has 2 aromatic carbocycles. The molecule has 0 aliphatic carbocycles. The molecule has 168 valence electrons. The maximum Gasteiger partial charge on any atom is 0.184 e. The molecule has 6 nitrogen and oxygen atoms in total. The summed E-state index contributed by atoms with van der Waals surface area (Å²) in [6.07, 6.45) is -2.71. The number of anilines is 1. The largest absolute Gasteiger partial charge is 0.361 e. The molecule has 2 saturated heterocycles. The number of nitrogens with zero attached hydrogens (tertiary/aromatic N) is 2. The Balaban J connectivity index is 1.38. The first-order valence-electron chi connectivity index (χ1n) is 10.1. The van der Waals surface area contributed by atoms with Crippen LogP contribution in [0, 0.1) is 17.6 Å². The second-order valence-electron chi connectivity index (χ2n) is 7.59.